The van der Waals surface area contributed by atoms with Crippen LogP contribution < -0.4 is 10.2 Å². The highest BCUT2D eigenvalue weighted by Crippen LogP contribution is 2.37. The Bertz CT molecular complexity index is 1150. The van der Waals surface area contributed by atoms with Crippen LogP contribution in [0.25, 0.3) is 5.65 Å². The lowest BCUT2D eigenvalue weighted by atomic mass is 10.0. The summed E-state index contributed by atoms with van der Waals surface area (Å²) in [5, 5.41) is 2.59. The van der Waals surface area contributed by atoms with Crippen LogP contribution in [0.15, 0.2) is 42.7 Å². The lowest BCUT2D eigenvalue weighted by Crippen LogP contribution is -2.32. The molecule has 1 saturated heterocycles. The van der Waals surface area contributed by atoms with Gasteiger partial charge in [-0.05, 0) is 50.1 Å². The van der Waals surface area contributed by atoms with Crippen molar-refractivity contribution in [2.75, 3.05) is 31.2 Å². The van der Waals surface area contributed by atoms with Crippen LogP contribution in [-0.4, -0.2) is 47.4 Å². The molecule has 1 amide bonds. The number of ether oxygens (including phenoxy) is 1. The summed E-state index contributed by atoms with van der Waals surface area (Å²) in [4.78, 5) is 30.6. The third-order valence-electron chi connectivity index (χ3n) is 5.54. The maximum atomic E-state index is 14.4. The Hall–Kier alpha value is -3.33. The molecule has 0 aliphatic carbocycles. The summed E-state index contributed by atoms with van der Waals surface area (Å²) < 4.78 is 34.9. The van der Waals surface area contributed by atoms with E-state index in [1.807, 2.05) is 11.0 Å². The highest BCUT2D eigenvalue weighted by Gasteiger charge is 2.29. The number of ketones is 1. The average Bonchev–Trinajstić information content (AvgIpc) is 3.44. The number of anilines is 1. The van der Waals surface area contributed by atoms with Gasteiger partial charge in [0, 0.05) is 24.9 Å². The van der Waals surface area contributed by atoms with Gasteiger partial charge >= 0.3 is 0 Å². The number of hydrogen-bond acceptors (Lipinski definition) is 5. The SMILES string of the molecule is CCOCC(=O)CNC(=O)c1cnc2ccc(N3CCC[C@@H]3c3cc(F)ccc3F)cn12. The van der Waals surface area contributed by atoms with Crippen molar-refractivity contribution in [3.63, 3.8) is 0 Å². The Morgan fingerprint density at radius 2 is 2.09 bits per heavy atom. The fourth-order valence-corrected chi connectivity index (χ4v) is 4.01. The van der Waals surface area contributed by atoms with Gasteiger partial charge < -0.3 is 15.0 Å². The number of imidazole rings is 1. The van der Waals surface area contributed by atoms with Gasteiger partial charge in [0.05, 0.1) is 24.5 Å². The Morgan fingerprint density at radius 1 is 1.25 bits per heavy atom. The van der Waals surface area contributed by atoms with Gasteiger partial charge in [0.2, 0.25) is 0 Å². The van der Waals surface area contributed by atoms with Crippen LogP contribution >= 0.6 is 0 Å². The van der Waals surface area contributed by atoms with Crippen molar-refractivity contribution >= 4 is 23.0 Å². The number of fused-ring (bicyclic) bond motifs is 1. The van der Waals surface area contributed by atoms with Gasteiger partial charge in [-0.25, -0.2) is 13.8 Å². The van der Waals surface area contributed by atoms with Gasteiger partial charge in [0.25, 0.3) is 5.91 Å². The third kappa shape index (κ3) is 4.47. The van der Waals surface area contributed by atoms with E-state index in [0.717, 1.165) is 24.2 Å². The molecule has 168 valence electrons. The van der Waals surface area contributed by atoms with Crippen molar-refractivity contribution in [1.82, 2.24) is 14.7 Å². The van der Waals surface area contributed by atoms with Crippen LogP contribution in [0.3, 0.4) is 0 Å². The van der Waals surface area contributed by atoms with Crippen molar-refractivity contribution in [1.29, 1.82) is 0 Å². The van der Waals surface area contributed by atoms with Crippen LogP contribution in [-0.2, 0) is 9.53 Å². The maximum absolute atomic E-state index is 14.4. The number of nitrogens with zero attached hydrogens (tertiary/aromatic N) is 3. The molecule has 0 radical (unpaired) electrons. The predicted octanol–water partition coefficient (Wildman–Crippen LogP) is 3.29. The zero-order valence-corrected chi connectivity index (χ0v) is 17.7. The largest absolute Gasteiger partial charge is 0.374 e. The first-order valence-corrected chi connectivity index (χ1v) is 10.5. The molecular formula is C23H24F2N4O3. The Morgan fingerprint density at radius 3 is 2.91 bits per heavy atom. The minimum Gasteiger partial charge on any atom is -0.374 e. The zero-order valence-electron chi connectivity index (χ0n) is 17.7. The average molecular weight is 442 g/mol. The molecule has 7 nitrogen and oxygen atoms in total. The standard InChI is InChI=1S/C23H24F2N4O3/c1-2-32-14-17(30)11-27-23(31)21-12-26-22-8-6-16(13-29(21)22)28-9-3-4-20(28)18-10-15(24)5-7-19(18)25/h5-8,10,12-13,20H,2-4,9,11,14H2,1H3,(H,27,31)/t20-/m1/s1. The highest BCUT2D eigenvalue weighted by atomic mass is 19.1. The molecule has 2 aromatic heterocycles. The quantitative estimate of drug-likeness (QED) is 0.580. The maximum Gasteiger partial charge on any atom is 0.270 e. The number of Topliss-reactive ketones (excluding diaryl/α,β-unsaturated/α-hetero) is 1. The van der Waals surface area contributed by atoms with Crippen molar-refractivity contribution in [2.24, 2.45) is 0 Å². The minimum absolute atomic E-state index is 0.0545. The first-order valence-electron chi connectivity index (χ1n) is 10.5. The molecule has 1 aliphatic rings. The summed E-state index contributed by atoms with van der Waals surface area (Å²) in [5.41, 5.74) is 1.92. The fraction of sp³-hybridized carbons (Fsp3) is 0.348. The molecule has 3 heterocycles. The first-order chi connectivity index (χ1) is 15.5. The van der Waals surface area contributed by atoms with Gasteiger partial charge in [-0.15, -0.1) is 0 Å². The molecule has 1 aromatic carbocycles. The Balaban J connectivity index is 1.57. The highest BCUT2D eigenvalue weighted by molar-refractivity contribution is 5.96. The molecule has 0 spiro atoms. The van der Waals surface area contributed by atoms with Crippen LogP contribution in [0.5, 0.6) is 0 Å². The number of amides is 1. The van der Waals surface area contributed by atoms with E-state index in [-0.39, 0.29) is 30.7 Å². The molecule has 0 unspecified atom stereocenters. The van der Waals surface area contributed by atoms with E-state index in [9.17, 15) is 18.4 Å². The van der Waals surface area contributed by atoms with Crippen molar-refractivity contribution in [3.05, 3.63) is 65.6 Å². The number of nitrogens with one attached hydrogen (secondary N) is 1. The van der Waals surface area contributed by atoms with Gasteiger partial charge in [-0.2, -0.15) is 0 Å². The monoisotopic (exact) mass is 442 g/mol. The summed E-state index contributed by atoms with van der Waals surface area (Å²) in [6, 6.07) is 6.82. The first kappa shape index (κ1) is 21.9. The number of hydrogen-bond donors (Lipinski definition) is 1. The fourth-order valence-electron chi connectivity index (χ4n) is 4.01. The van der Waals surface area contributed by atoms with E-state index in [0.29, 0.717) is 30.8 Å². The minimum atomic E-state index is -0.476. The second-order valence-corrected chi connectivity index (χ2v) is 7.63. The zero-order chi connectivity index (χ0) is 22.7. The molecule has 1 atom stereocenters. The smallest absolute Gasteiger partial charge is 0.270 e. The molecule has 32 heavy (non-hydrogen) atoms. The number of carbonyl (C=O) groups excluding carboxylic acids is 2. The number of halogens is 2. The number of pyridine rings is 1. The Labute approximate surface area is 184 Å². The molecule has 4 rings (SSSR count). The lowest BCUT2D eigenvalue weighted by molar-refractivity contribution is -0.122. The normalized spacial score (nSPS) is 16.0. The summed E-state index contributed by atoms with van der Waals surface area (Å²) in [5.74, 6) is -1.58. The predicted molar refractivity (Wildman–Crippen MR) is 115 cm³/mol. The molecule has 3 aromatic rings. The molecule has 0 bridgehead atoms. The van der Waals surface area contributed by atoms with E-state index < -0.39 is 17.5 Å². The van der Waals surface area contributed by atoms with E-state index in [1.165, 1.54) is 12.3 Å². The van der Waals surface area contributed by atoms with Gasteiger partial charge in [-0.3, -0.25) is 14.0 Å². The van der Waals surface area contributed by atoms with Crippen LogP contribution in [0.1, 0.15) is 41.9 Å². The molecule has 1 aliphatic heterocycles. The van der Waals surface area contributed by atoms with E-state index in [1.54, 1.807) is 23.6 Å². The summed E-state index contributed by atoms with van der Waals surface area (Å²) in [6.07, 6.45) is 4.72. The number of benzene rings is 1. The van der Waals surface area contributed by atoms with Crippen LogP contribution in [0.2, 0.25) is 0 Å². The molecule has 9 heteroatoms. The van der Waals surface area contributed by atoms with Crippen LogP contribution in [0.4, 0.5) is 14.5 Å². The number of carbonyl (C=O) groups is 2. The van der Waals surface area contributed by atoms with Crippen molar-refractivity contribution in [2.45, 2.75) is 25.8 Å². The third-order valence-corrected chi connectivity index (χ3v) is 5.54. The second kappa shape index (κ2) is 9.44. The van der Waals surface area contributed by atoms with Gasteiger partial charge in [0.15, 0.2) is 5.78 Å². The molecule has 1 N–H and O–H groups in total. The van der Waals surface area contributed by atoms with Gasteiger partial charge in [-0.1, -0.05) is 0 Å². The van der Waals surface area contributed by atoms with Gasteiger partial charge in [0.1, 0.15) is 29.6 Å². The van der Waals surface area contributed by atoms with Crippen molar-refractivity contribution in [3.8, 4) is 0 Å². The van der Waals surface area contributed by atoms with Crippen LogP contribution in [0, 0.1) is 11.6 Å². The molecule has 1 fully saturated rings. The number of rotatable bonds is 8. The summed E-state index contributed by atoms with van der Waals surface area (Å²) >= 11 is 0. The summed E-state index contributed by atoms with van der Waals surface area (Å²) in [6.45, 7) is 2.69. The van der Waals surface area contributed by atoms with E-state index in [2.05, 4.69) is 10.3 Å². The van der Waals surface area contributed by atoms with E-state index in [4.69, 9.17) is 4.74 Å². The topological polar surface area (TPSA) is 75.9 Å². The molecule has 0 saturated carbocycles. The lowest BCUT2D eigenvalue weighted by Gasteiger charge is -2.27. The Kier molecular flexibility index (Phi) is 6.45. The molecular weight excluding hydrogens is 418 g/mol. The van der Waals surface area contributed by atoms with Crippen molar-refractivity contribution < 1.29 is 23.1 Å². The number of aromatic nitrogens is 2. The summed E-state index contributed by atoms with van der Waals surface area (Å²) in [7, 11) is 0. The second-order valence-electron chi connectivity index (χ2n) is 7.63. The van der Waals surface area contributed by atoms with E-state index >= 15 is 0 Å².